The molecule has 3 saturated carbocycles. The predicted octanol–water partition coefficient (Wildman–Crippen LogP) is 5.85. The first kappa shape index (κ1) is 20.7. The van der Waals surface area contributed by atoms with Crippen LogP contribution in [0.15, 0.2) is 41.5 Å². The molecule has 0 aromatic heterocycles. The molecule has 5 rings (SSSR count). The van der Waals surface area contributed by atoms with Gasteiger partial charge in [0.15, 0.2) is 11.6 Å². The Kier molecular flexibility index (Phi) is 4.80. The number of carbonyl (C=O) groups excluding carboxylic acids is 2. The monoisotopic (exact) mass is 417 g/mol. The van der Waals surface area contributed by atoms with Gasteiger partial charge >= 0.3 is 0 Å². The average Bonchev–Trinajstić information content (AvgIpc) is 2.99. The van der Waals surface area contributed by atoms with Crippen molar-refractivity contribution in [3.63, 3.8) is 0 Å². The third kappa shape index (κ3) is 3.15. The van der Waals surface area contributed by atoms with Crippen molar-refractivity contribution in [1.29, 1.82) is 0 Å². The fourth-order valence-corrected chi connectivity index (χ4v) is 7.43. The molecule has 0 amide bonds. The number of hydrogen-bond acceptors (Lipinski definition) is 3. The third-order valence-corrected chi connectivity index (χ3v) is 9.35. The normalized spacial score (nSPS) is 38.4. The third-order valence-electron chi connectivity index (χ3n) is 9.35. The van der Waals surface area contributed by atoms with Gasteiger partial charge in [-0.1, -0.05) is 31.6 Å². The van der Waals surface area contributed by atoms with Crippen molar-refractivity contribution in [2.45, 2.75) is 58.8 Å². The molecule has 3 nitrogen and oxygen atoms in total. The molecule has 4 aliphatic carbocycles. The molecule has 0 spiro atoms. The van der Waals surface area contributed by atoms with Crippen LogP contribution in [0.2, 0.25) is 0 Å². The van der Waals surface area contributed by atoms with Gasteiger partial charge in [-0.2, -0.15) is 0 Å². The highest BCUT2D eigenvalue weighted by molar-refractivity contribution is 6.06. The molecular weight excluding hydrogens is 382 g/mol. The van der Waals surface area contributed by atoms with Crippen molar-refractivity contribution in [2.24, 2.45) is 28.6 Å². The number of carbonyl (C=O) groups is 2. The van der Waals surface area contributed by atoms with E-state index in [0.717, 1.165) is 49.7 Å². The summed E-state index contributed by atoms with van der Waals surface area (Å²) in [5, 5.41) is 0. The van der Waals surface area contributed by atoms with E-state index in [1.165, 1.54) is 11.3 Å². The number of benzene rings is 1. The van der Waals surface area contributed by atoms with Gasteiger partial charge in [0.1, 0.15) is 0 Å². The average molecular weight is 418 g/mol. The van der Waals surface area contributed by atoms with Gasteiger partial charge in [0.25, 0.3) is 0 Å². The van der Waals surface area contributed by atoms with E-state index in [1.54, 1.807) is 0 Å². The minimum Gasteiger partial charge on any atom is -0.378 e. The van der Waals surface area contributed by atoms with Crippen molar-refractivity contribution in [1.82, 2.24) is 0 Å². The summed E-state index contributed by atoms with van der Waals surface area (Å²) < 4.78 is 0. The Balaban J connectivity index is 1.44. The molecule has 0 saturated heterocycles. The molecule has 0 bridgehead atoms. The number of nitrogens with zero attached hydrogens (tertiary/aromatic N) is 1. The van der Waals surface area contributed by atoms with Crippen molar-refractivity contribution in [3.8, 4) is 0 Å². The van der Waals surface area contributed by atoms with Gasteiger partial charge in [-0.3, -0.25) is 9.59 Å². The number of rotatable bonds is 2. The first-order chi connectivity index (χ1) is 14.7. The van der Waals surface area contributed by atoms with Crippen molar-refractivity contribution in [2.75, 3.05) is 19.0 Å². The second-order valence-corrected chi connectivity index (χ2v) is 11.1. The van der Waals surface area contributed by atoms with Gasteiger partial charge in [0, 0.05) is 31.6 Å². The Bertz CT molecular complexity index is 985. The zero-order valence-electron chi connectivity index (χ0n) is 19.4. The molecule has 0 N–H and O–H groups in total. The number of allylic oxidation sites excluding steroid dienone is 2. The summed E-state index contributed by atoms with van der Waals surface area (Å²) in [6.07, 6.45) is 11.0. The van der Waals surface area contributed by atoms with Crippen LogP contribution < -0.4 is 4.90 Å². The highest BCUT2D eigenvalue weighted by Crippen LogP contribution is 2.65. The molecule has 4 aliphatic rings. The second-order valence-electron chi connectivity index (χ2n) is 11.1. The maximum atomic E-state index is 13.6. The molecule has 5 atom stereocenters. The fourth-order valence-electron chi connectivity index (χ4n) is 7.43. The van der Waals surface area contributed by atoms with E-state index >= 15 is 0 Å². The maximum absolute atomic E-state index is 13.6. The molecule has 0 unspecified atom stereocenters. The zero-order chi connectivity index (χ0) is 22.0. The van der Waals surface area contributed by atoms with Crippen LogP contribution in [0.5, 0.6) is 0 Å². The van der Waals surface area contributed by atoms with Crippen LogP contribution in [0.3, 0.4) is 0 Å². The minimum absolute atomic E-state index is 0.162. The molecule has 0 radical (unpaired) electrons. The molecule has 31 heavy (non-hydrogen) atoms. The topological polar surface area (TPSA) is 37.4 Å². The Labute approximate surface area is 186 Å². The first-order valence-corrected chi connectivity index (χ1v) is 12.0. The van der Waals surface area contributed by atoms with Gasteiger partial charge in [-0.15, -0.1) is 0 Å². The molecule has 164 valence electrons. The highest BCUT2D eigenvalue weighted by Gasteiger charge is 2.60. The zero-order valence-corrected chi connectivity index (χ0v) is 19.4. The number of fused-ring (bicyclic) bond motifs is 5. The van der Waals surface area contributed by atoms with E-state index < -0.39 is 0 Å². The Morgan fingerprint density at radius 2 is 1.68 bits per heavy atom. The Morgan fingerprint density at radius 3 is 2.39 bits per heavy atom. The lowest BCUT2D eigenvalue weighted by atomic mass is 9.47. The molecule has 1 aromatic carbocycles. The highest BCUT2D eigenvalue weighted by atomic mass is 16.1. The summed E-state index contributed by atoms with van der Waals surface area (Å²) in [5.74, 6) is 2.36. The van der Waals surface area contributed by atoms with E-state index in [4.69, 9.17) is 0 Å². The maximum Gasteiger partial charge on any atom is 0.165 e. The van der Waals surface area contributed by atoms with Crippen LogP contribution in [0.1, 0.15) is 64.4 Å². The van der Waals surface area contributed by atoms with E-state index in [2.05, 4.69) is 49.1 Å². The van der Waals surface area contributed by atoms with Crippen molar-refractivity contribution in [3.05, 3.63) is 47.1 Å². The summed E-state index contributed by atoms with van der Waals surface area (Å²) in [7, 11) is 4.09. The van der Waals surface area contributed by atoms with Crippen LogP contribution in [0.25, 0.3) is 6.08 Å². The van der Waals surface area contributed by atoms with E-state index in [1.807, 2.05) is 20.2 Å². The molecule has 0 heterocycles. The fraction of sp³-hybridized carbons (Fsp3) is 0.571. The number of Topliss-reactive ketones (excluding diaryl/α,β-unsaturated/α-hetero) is 1. The van der Waals surface area contributed by atoms with Gasteiger partial charge in [-0.25, -0.2) is 0 Å². The van der Waals surface area contributed by atoms with Crippen LogP contribution >= 0.6 is 0 Å². The molecular formula is C28H35NO2. The van der Waals surface area contributed by atoms with Crippen molar-refractivity contribution < 1.29 is 9.59 Å². The van der Waals surface area contributed by atoms with Gasteiger partial charge in [0.05, 0.1) is 0 Å². The number of ketones is 2. The van der Waals surface area contributed by atoms with Crippen LogP contribution in [0, 0.1) is 28.6 Å². The summed E-state index contributed by atoms with van der Waals surface area (Å²) in [6, 6.07) is 8.49. The predicted molar refractivity (Wildman–Crippen MR) is 126 cm³/mol. The van der Waals surface area contributed by atoms with Crippen LogP contribution in [-0.2, 0) is 9.59 Å². The summed E-state index contributed by atoms with van der Waals surface area (Å²) in [4.78, 5) is 27.7. The summed E-state index contributed by atoms with van der Waals surface area (Å²) in [6.45, 7) is 4.65. The molecule has 1 aromatic rings. The SMILES string of the molecule is CN(C)c1ccc(/C=C2\C[C@H]3[C@@H]4CCC5=CC(=O)CC[C@]5(C)[C@H]4CC[C@]3(C)C2=O)cc1. The van der Waals surface area contributed by atoms with E-state index in [-0.39, 0.29) is 10.8 Å². The quantitative estimate of drug-likeness (QED) is 0.567. The van der Waals surface area contributed by atoms with Gasteiger partial charge < -0.3 is 4.90 Å². The Hall–Kier alpha value is -2.16. The molecule has 3 fully saturated rings. The largest absolute Gasteiger partial charge is 0.378 e. The second kappa shape index (κ2) is 7.18. The smallest absolute Gasteiger partial charge is 0.165 e. The standard InChI is InChI=1S/C28H35NO2/c1-27-13-11-22(30)17-20(27)7-10-23-24(27)12-14-28(2)25(23)16-19(26(28)31)15-18-5-8-21(9-6-18)29(3)4/h5-6,8-9,15,17,23-25H,7,10-14,16H2,1-4H3/b19-15+/t23-,24+,25+,27+,28+/m1/s1. The van der Waals surface area contributed by atoms with E-state index in [9.17, 15) is 9.59 Å². The van der Waals surface area contributed by atoms with Crippen molar-refractivity contribution >= 4 is 23.3 Å². The minimum atomic E-state index is -0.210. The van der Waals surface area contributed by atoms with E-state index in [0.29, 0.717) is 35.7 Å². The Morgan fingerprint density at radius 1 is 0.935 bits per heavy atom. The lowest BCUT2D eigenvalue weighted by molar-refractivity contribution is -0.130. The lowest BCUT2D eigenvalue weighted by Gasteiger charge is -2.56. The first-order valence-electron chi connectivity index (χ1n) is 12.0. The van der Waals surface area contributed by atoms with Gasteiger partial charge in [0.2, 0.25) is 0 Å². The molecule has 0 aliphatic heterocycles. The summed E-state index contributed by atoms with van der Waals surface area (Å²) in [5.41, 5.74) is 4.67. The number of anilines is 1. The lowest BCUT2D eigenvalue weighted by Crippen LogP contribution is -2.50. The van der Waals surface area contributed by atoms with Crippen LogP contribution in [-0.4, -0.2) is 25.7 Å². The molecule has 3 heteroatoms. The van der Waals surface area contributed by atoms with Gasteiger partial charge in [-0.05, 0) is 97.1 Å². The van der Waals surface area contributed by atoms with Crippen LogP contribution in [0.4, 0.5) is 5.69 Å². The number of hydrogen-bond donors (Lipinski definition) is 0. The summed E-state index contributed by atoms with van der Waals surface area (Å²) >= 11 is 0.